The molecule has 0 saturated carbocycles. The Hall–Kier alpha value is -4.29. The van der Waals surface area contributed by atoms with Gasteiger partial charge in [-0.3, -0.25) is 14.6 Å². The molecule has 1 fully saturated rings. The predicted molar refractivity (Wildman–Crippen MR) is 183 cm³/mol. The topological polar surface area (TPSA) is 156 Å². The molecule has 258 valence electrons. The van der Waals surface area contributed by atoms with E-state index >= 15 is 0 Å². The smallest absolute Gasteiger partial charge is 0.408 e. The summed E-state index contributed by atoms with van der Waals surface area (Å²) in [5, 5.41) is 8.57. The highest BCUT2D eigenvalue weighted by Gasteiger charge is 2.49. The van der Waals surface area contributed by atoms with Gasteiger partial charge in [0, 0.05) is 24.7 Å². The first-order valence-electron chi connectivity index (χ1n) is 16.1. The zero-order valence-corrected chi connectivity index (χ0v) is 28.9. The van der Waals surface area contributed by atoms with Crippen molar-refractivity contribution in [2.24, 2.45) is 5.92 Å². The van der Waals surface area contributed by atoms with Crippen molar-refractivity contribution in [1.29, 1.82) is 0 Å². The molecule has 3 N–H and O–H groups in total. The number of hydrogen-bond donors (Lipinski definition) is 3. The minimum atomic E-state index is -3.85. The molecule has 1 aromatic heterocycles. The highest BCUT2D eigenvalue weighted by molar-refractivity contribution is 7.92. The largest absolute Gasteiger partial charge is 0.445 e. The van der Waals surface area contributed by atoms with Gasteiger partial charge in [0.05, 0.1) is 23.3 Å². The average molecular weight is 679 g/mol. The van der Waals surface area contributed by atoms with E-state index in [1.807, 2.05) is 60.7 Å². The van der Waals surface area contributed by atoms with Crippen molar-refractivity contribution in [2.75, 3.05) is 6.26 Å². The van der Waals surface area contributed by atoms with Gasteiger partial charge in [0.15, 0.2) is 9.84 Å². The molecular formula is C36H46N4O7S. The standard InChI is InChI=1S/C36H46N4O7S/c1-24(2)28(20-25-12-8-6-9-13-25)38-31(41)22-30-32(47-30)29(21-26-14-10-7-11-15-26)39-34(42)33(36(3,4)48(5,44)45)40-35(43)46-23-27-16-18-37-19-17-27/h6-19,24,28-30,32-33H,20-23H2,1-5H3,(H,38,41)(H,39,42)(H,40,43)/t28-,29-,30-,32+,33+/m0/s1. The Morgan fingerprint density at radius 2 is 1.44 bits per heavy atom. The van der Waals surface area contributed by atoms with E-state index in [1.54, 1.807) is 24.5 Å². The lowest BCUT2D eigenvalue weighted by Gasteiger charge is -2.33. The van der Waals surface area contributed by atoms with Gasteiger partial charge < -0.3 is 25.4 Å². The van der Waals surface area contributed by atoms with Crippen LogP contribution in [0.3, 0.4) is 0 Å². The first-order chi connectivity index (χ1) is 22.7. The molecule has 3 amide bonds. The molecule has 1 aliphatic heterocycles. The summed E-state index contributed by atoms with van der Waals surface area (Å²) in [5.41, 5.74) is 2.71. The van der Waals surface area contributed by atoms with E-state index in [4.69, 9.17) is 9.47 Å². The summed E-state index contributed by atoms with van der Waals surface area (Å²) in [4.78, 5) is 43.9. The van der Waals surface area contributed by atoms with Crippen LogP contribution in [0.4, 0.5) is 4.79 Å². The highest BCUT2D eigenvalue weighted by Crippen LogP contribution is 2.31. The van der Waals surface area contributed by atoms with Gasteiger partial charge in [-0.2, -0.15) is 0 Å². The summed E-state index contributed by atoms with van der Waals surface area (Å²) < 4.78 is 35.3. The lowest BCUT2D eigenvalue weighted by atomic mass is 9.95. The minimum Gasteiger partial charge on any atom is -0.445 e. The molecule has 48 heavy (non-hydrogen) atoms. The lowest BCUT2D eigenvalue weighted by molar-refractivity contribution is -0.124. The minimum absolute atomic E-state index is 0.0692. The molecule has 12 heteroatoms. The van der Waals surface area contributed by atoms with Crippen molar-refractivity contribution in [3.05, 3.63) is 102 Å². The second kappa shape index (κ2) is 16.2. The second-order valence-electron chi connectivity index (χ2n) is 13.1. The summed E-state index contributed by atoms with van der Waals surface area (Å²) in [6.07, 6.45) is 3.36. The number of aromatic nitrogens is 1. The summed E-state index contributed by atoms with van der Waals surface area (Å²) in [6, 6.07) is 20.6. The van der Waals surface area contributed by atoms with Crippen LogP contribution in [0.1, 0.15) is 50.8 Å². The first kappa shape index (κ1) is 36.5. The van der Waals surface area contributed by atoms with E-state index in [1.165, 1.54) is 13.8 Å². The molecule has 1 saturated heterocycles. The fourth-order valence-corrected chi connectivity index (χ4v) is 5.98. The van der Waals surface area contributed by atoms with Crippen molar-refractivity contribution in [2.45, 2.75) is 88.6 Å². The molecule has 4 rings (SSSR count). The summed E-state index contributed by atoms with van der Waals surface area (Å²) in [5.74, 6) is -0.667. The van der Waals surface area contributed by atoms with Crippen LogP contribution in [-0.4, -0.2) is 72.6 Å². The third-order valence-electron chi connectivity index (χ3n) is 8.78. The number of alkyl carbamates (subject to hydrolysis) is 1. The molecule has 0 radical (unpaired) electrons. The number of amides is 3. The third kappa shape index (κ3) is 10.4. The molecular weight excluding hydrogens is 632 g/mol. The van der Waals surface area contributed by atoms with Crippen molar-refractivity contribution < 1.29 is 32.3 Å². The molecule has 1 aliphatic rings. The van der Waals surface area contributed by atoms with E-state index in [0.29, 0.717) is 18.4 Å². The number of pyridine rings is 1. The SMILES string of the molecule is CC(C)[C@H](Cc1ccccc1)NC(=O)C[C@@H]1O[C@@H]1[C@H](Cc1ccccc1)NC(=O)[C@@H](NC(=O)OCc1ccncc1)C(C)(C)S(C)(=O)=O. The number of epoxide rings is 1. The maximum Gasteiger partial charge on any atom is 0.408 e. The van der Waals surface area contributed by atoms with Gasteiger partial charge >= 0.3 is 6.09 Å². The van der Waals surface area contributed by atoms with Crippen LogP contribution in [0.2, 0.25) is 0 Å². The van der Waals surface area contributed by atoms with Gasteiger partial charge in [-0.25, -0.2) is 13.2 Å². The number of sulfone groups is 1. The predicted octanol–water partition coefficient (Wildman–Crippen LogP) is 3.77. The van der Waals surface area contributed by atoms with Gasteiger partial charge in [-0.15, -0.1) is 0 Å². The number of hydrogen-bond acceptors (Lipinski definition) is 8. The molecule has 0 spiro atoms. The van der Waals surface area contributed by atoms with E-state index in [9.17, 15) is 22.8 Å². The third-order valence-corrected chi connectivity index (χ3v) is 10.9. The molecule has 0 bridgehead atoms. The Labute approximate surface area is 283 Å². The number of carbonyl (C=O) groups is 3. The molecule has 0 aliphatic carbocycles. The quantitative estimate of drug-likeness (QED) is 0.194. The van der Waals surface area contributed by atoms with Gasteiger partial charge in [0.2, 0.25) is 11.8 Å². The van der Waals surface area contributed by atoms with Crippen molar-refractivity contribution in [1.82, 2.24) is 20.9 Å². The second-order valence-corrected chi connectivity index (χ2v) is 15.7. The number of rotatable bonds is 16. The Bertz CT molecular complexity index is 1620. The normalized spacial score (nSPS) is 17.9. The average Bonchev–Trinajstić information content (AvgIpc) is 3.81. The van der Waals surface area contributed by atoms with Crippen LogP contribution in [-0.2, 0) is 48.3 Å². The van der Waals surface area contributed by atoms with Crippen molar-refractivity contribution in [3.63, 3.8) is 0 Å². The maximum atomic E-state index is 13.9. The summed E-state index contributed by atoms with van der Waals surface area (Å²) in [6.45, 7) is 6.79. The van der Waals surface area contributed by atoms with E-state index in [0.717, 1.165) is 17.4 Å². The fourth-order valence-electron chi connectivity index (χ4n) is 5.38. The summed E-state index contributed by atoms with van der Waals surface area (Å²) in [7, 11) is -3.85. The van der Waals surface area contributed by atoms with E-state index in [-0.39, 0.29) is 30.9 Å². The first-order valence-corrected chi connectivity index (χ1v) is 18.0. The van der Waals surface area contributed by atoms with Crippen LogP contribution in [0, 0.1) is 5.92 Å². The van der Waals surface area contributed by atoms with Gasteiger partial charge in [-0.05, 0) is 61.4 Å². The molecule has 3 aromatic rings. The van der Waals surface area contributed by atoms with Crippen molar-refractivity contribution >= 4 is 27.7 Å². The zero-order valence-electron chi connectivity index (χ0n) is 28.1. The number of nitrogens with zero attached hydrogens (tertiary/aromatic N) is 1. The van der Waals surface area contributed by atoms with Gasteiger partial charge in [-0.1, -0.05) is 74.5 Å². The number of ether oxygens (including phenoxy) is 2. The number of carbonyl (C=O) groups excluding carboxylic acids is 3. The van der Waals surface area contributed by atoms with Crippen LogP contribution in [0.25, 0.3) is 0 Å². The zero-order chi connectivity index (χ0) is 34.9. The molecule has 11 nitrogen and oxygen atoms in total. The van der Waals surface area contributed by atoms with E-state index < -0.39 is 50.9 Å². The maximum absolute atomic E-state index is 13.9. The Morgan fingerprint density at radius 3 is 2.00 bits per heavy atom. The van der Waals surface area contributed by atoms with Crippen LogP contribution in [0.5, 0.6) is 0 Å². The lowest BCUT2D eigenvalue weighted by Crippen LogP contribution is -2.62. The van der Waals surface area contributed by atoms with Gasteiger partial charge in [0.1, 0.15) is 18.8 Å². The molecule has 0 unspecified atom stereocenters. The molecule has 2 heterocycles. The summed E-state index contributed by atoms with van der Waals surface area (Å²) >= 11 is 0. The van der Waals surface area contributed by atoms with Crippen LogP contribution >= 0.6 is 0 Å². The highest BCUT2D eigenvalue weighted by atomic mass is 32.2. The van der Waals surface area contributed by atoms with Crippen molar-refractivity contribution in [3.8, 4) is 0 Å². The monoisotopic (exact) mass is 678 g/mol. The Morgan fingerprint density at radius 1 is 0.854 bits per heavy atom. The molecule has 5 atom stereocenters. The number of benzene rings is 2. The van der Waals surface area contributed by atoms with E-state index in [2.05, 4.69) is 34.8 Å². The Balaban J connectivity index is 1.46. The van der Waals surface area contributed by atoms with Crippen LogP contribution < -0.4 is 16.0 Å². The number of nitrogens with one attached hydrogen (secondary N) is 3. The fraction of sp³-hybridized carbons (Fsp3) is 0.444. The van der Waals surface area contributed by atoms with Gasteiger partial charge in [0.25, 0.3) is 0 Å². The van der Waals surface area contributed by atoms with Crippen LogP contribution in [0.15, 0.2) is 85.2 Å². The molecule has 2 aromatic carbocycles. The Kier molecular flexibility index (Phi) is 12.3.